The highest BCUT2D eigenvalue weighted by Gasteiger charge is 2.18. The summed E-state index contributed by atoms with van der Waals surface area (Å²) in [7, 11) is 0. The number of rotatable bonds is 7. The van der Waals surface area contributed by atoms with Crippen molar-refractivity contribution in [3.63, 3.8) is 0 Å². The minimum atomic E-state index is -0.470. The predicted octanol–water partition coefficient (Wildman–Crippen LogP) is 3.09. The van der Waals surface area contributed by atoms with Gasteiger partial charge in [-0.2, -0.15) is 0 Å². The van der Waals surface area contributed by atoms with Crippen molar-refractivity contribution in [2.75, 3.05) is 12.3 Å². The van der Waals surface area contributed by atoms with E-state index in [1.165, 1.54) is 0 Å². The van der Waals surface area contributed by atoms with Gasteiger partial charge in [-0.15, -0.1) is 0 Å². The van der Waals surface area contributed by atoms with Crippen molar-refractivity contribution in [2.24, 2.45) is 0 Å². The Morgan fingerprint density at radius 3 is 2.52 bits per heavy atom. The van der Waals surface area contributed by atoms with Gasteiger partial charge in [-0.1, -0.05) is 37.3 Å². The van der Waals surface area contributed by atoms with Crippen LogP contribution in [0.5, 0.6) is 5.75 Å². The molecule has 0 fully saturated rings. The molecule has 4 nitrogen and oxygen atoms in total. The minimum absolute atomic E-state index is 0.0776. The predicted molar refractivity (Wildman–Crippen MR) is 93.5 cm³/mol. The molecule has 23 heavy (non-hydrogen) atoms. The maximum Gasteiger partial charge on any atom is 0.261 e. The molecule has 1 unspecified atom stereocenters. The van der Waals surface area contributed by atoms with E-state index in [1.807, 2.05) is 62.4 Å². The first-order valence-electron chi connectivity index (χ1n) is 7.94. The Morgan fingerprint density at radius 2 is 1.87 bits per heavy atom. The van der Waals surface area contributed by atoms with Crippen LogP contribution in [-0.2, 0) is 11.2 Å². The van der Waals surface area contributed by atoms with E-state index in [9.17, 15) is 4.79 Å². The normalized spacial score (nSPS) is 11.7. The van der Waals surface area contributed by atoms with E-state index in [4.69, 9.17) is 10.5 Å². The molecule has 0 radical (unpaired) electrons. The van der Waals surface area contributed by atoms with Crippen molar-refractivity contribution in [3.8, 4) is 5.75 Å². The number of aryl methyl sites for hydroxylation is 1. The zero-order chi connectivity index (χ0) is 16.7. The molecule has 122 valence electrons. The number of para-hydroxylation sites is 1. The number of carbonyl (C=O) groups is 1. The van der Waals surface area contributed by atoms with E-state index in [1.54, 1.807) is 0 Å². The number of nitrogens with one attached hydrogen (secondary N) is 1. The van der Waals surface area contributed by atoms with Gasteiger partial charge in [0.25, 0.3) is 5.91 Å². The van der Waals surface area contributed by atoms with Crippen LogP contribution >= 0.6 is 0 Å². The average molecular weight is 312 g/mol. The van der Waals surface area contributed by atoms with Gasteiger partial charge in [-0.3, -0.25) is 4.79 Å². The van der Waals surface area contributed by atoms with Crippen molar-refractivity contribution in [1.82, 2.24) is 5.32 Å². The molecule has 2 aromatic carbocycles. The molecular weight excluding hydrogens is 288 g/mol. The van der Waals surface area contributed by atoms with Gasteiger partial charge < -0.3 is 15.8 Å². The van der Waals surface area contributed by atoms with Gasteiger partial charge in [-0.25, -0.2) is 0 Å². The van der Waals surface area contributed by atoms with Gasteiger partial charge in [0.1, 0.15) is 5.75 Å². The molecule has 1 atom stereocenters. The number of benzene rings is 2. The molecule has 0 spiro atoms. The molecular formula is C19H24N2O2. The third kappa shape index (κ3) is 5.02. The van der Waals surface area contributed by atoms with Crippen LogP contribution in [0.1, 0.15) is 24.5 Å². The quantitative estimate of drug-likeness (QED) is 0.772. The number of hydrogen-bond acceptors (Lipinski definition) is 3. The first-order chi connectivity index (χ1) is 11.1. The molecule has 0 saturated carbocycles. The van der Waals surface area contributed by atoms with Crippen molar-refractivity contribution in [1.29, 1.82) is 0 Å². The van der Waals surface area contributed by atoms with E-state index < -0.39 is 6.10 Å². The molecule has 0 saturated heterocycles. The van der Waals surface area contributed by atoms with Crippen LogP contribution in [0.25, 0.3) is 0 Å². The van der Waals surface area contributed by atoms with Crippen LogP contribution in [0.3, 0.4) is 0 Å². The molecule has 2 aromatic rings. The number of amides is 1. The lowest BCUT2D eigenvalue weighted by molar-refractivity contribution is -0.128. The minimum Gasteiger partial charge on any atom is -0.480 e. The van der Waals surface area contributed by atoms with Gasteiger partial charge in [0.05, 0.1) is 0 Å². The summed E-state index contributed by atoms with van der Waals surface area (Å²) < 4.78 is 5.85. The third-order valence-electron chi connectivity index (χ3n) is 3.72. The molecule has 0 aliphatic heterocycles. The van der Waals surface area contributed by atoms with Gasteiger partial charge in [0.2, 0.25) is 0 Å². The summed E-state index contributed by atoms with van der Waals surface area (Å²) >= 11 is 0. The molecule has 4 heteroatoms. The van der Waals surface area contributed by atoms with E-state index in [0.29, 0.717) is 13.0 Å². The van der Waals surface area contributed by atoms with E-state index >= 15 is 0 Å². The van der Waals surface area contributed by atoms with Gasteiger partial charge >= 0.3 is 0 Å². The standard InChI is InChI=1S/C19H24N2O2/c1-3-17(23-18-7-5-4-6-14(18)2)19(22)21-13-12-15-8-10-16(20)11-9-15/h4-11,17H,3,12-13,20H2,1-2H3,(H,21,22). The lowest BCUT2D eigenvalue weighted by Gasteiger charge is -2.18. The van der Waals surface area contributed by atoms with Gasteiger partial charge in [0.15, 0.2) is 6.10 Å². The first kappa shape index (κ1) is 16.9. The highest BCUT2D eigenvalue weighted by atomic mass is 16.5. The SMILES string of the molecule is CCC(Oc1ccccc1C)C(=O)NCCc1ccc(N)cc1. The monoisotopic (exact) mass is 312 g/mol. The Morgan fingerprint density at radius 1 is 1.17 bits per heavy atom. The number of hydrogen-bond donors (Lipinski definition) is 2. The fourth-order valence-electron chi connectivity index (χ4n) is 2.29. The van der Waals surface area contributed by atoms with Crippen molar-refractivity contribution >= 4 is 11.6 Å². The van der Waals surface area contributed by atoms with Gasteiger partial charge in [-0.05, 0) is 49.1 Å². The number of ether oxygens (including phenoxy) is 1. The molecule has 0 heterocycles. The number of anilines is 1. The largest absolute Gasteiger partial charge is 0.480 e. The lowest BCUT2D eigenvalue weighted by atomic mass is 10.1. The number of nitrogen functional groups attached to an aromatic ring is 1. The maximum atomic E-state index is 12.3. The Bertz CT molecular complexity index is 638. The summed E-state index contributed by atoms with van der Waals surface area (Å²) in [4.78, 5) is 12.3. The number of carbonyl (C=O) groups excluding carboxylic acids is 1. The fraction of sp³-hybridized carbons (Fsp3) is 0.316. The number of nitrogens with two attached hydrogens (primary N) is 1. The van der Waals surface area contributed by atoms with Crippen LogP contribution in [0.2, 0.25) is 0 Å². The summed E-state index contributed by atoms with van der Waals surface area (Å²) in [5, 5.41) is 2.94. The van der Waals surface area contributed by atoms with Crippen molar-refractivity contribution in [3.05, 3.63) is 59.7 Å². The van der Waals surface area contributed by atoms with E-state index in [0.717, 1.165) is 29.0 Å². The van der Waals surface area contributed by atoms with Crippen LogP contribution < -0.4 is 15.8 Å². The molecule has 3 N–H and O–H groups in total. The summed E-state index contributed by atoms with van der Waals surface area (Å²) in [5.41, 5.74) is 8.58. The highest BCUT2D eigenvalue weighted by molar-refractivity contribution is 5.81. The Balaban J connectivity index is 1.85. The lowest BCUT2D eigenvalue weighted by Crippen LogP contribution is -2.39. The van der Waals surface area contributed by atoms with Crippen molar-refractivity contribution < 1.29 is 9.53 Å². The first-order valence-corrected chi connectivity index (χ1v) is 7.94. The van der Waals surface area contributed by atoms with Crippen molar-refractivity contribution in [2.45, 2.75) is 32.8 Å². The van der Waals surface area contributed by atoms with Crippen LogP contribution in [0.15, 0.2) is 48.5 Å². The highest BCUT2D eigenvalue weighted by Crippen LogP contribution is 2.18. The smallest absolute Gasteiger partial charge is 0.261 e. The van der Waals surface area contributed by atoms with E-state index in [-0.39, 0.29) is 5.91 Å². The molecule has 2 rings (SSSR count). The second-order valence-corrected chi connectivity index (χ2v) is 5.56. The van der Waals surface area contributed by atoms with E-state index in [2.05, 4.69) is 5.32 Å². The topological polar surface area (TPSA) is 64.3 Å². The molecule has 0 aromatic heterocycles. The zero-order valence-corrected chi connectivity index (χ0v) is 13.7. The summed E-state index contributed by atoms with van der Waals surface area (Å²) in [6.07, 6.45) is 0.928. The molecule has 0 bridgehead atoms. The Hall–Kier alpha value is -2.49. The zero-order valence-electron chi connectivity index (χ0n) is 13.7. The van der Waals surface area contributed by atoms with Crippen LogP contribution in [0.4, 0.5) is 5.69 Å². The summed E-state index contributed by atoms with van der Waals surface area (Å²) in [5.74, 6) is 0.680. The van der Waals surface area contributed by atoms with Gasteiger partial charge in [0, 0.05) is 12.2 Å². The maximum absolute atomic E-state index is 12.3. The second-order valence-electron chi connectivity index (χ2n) is 5.56. The molecule has 1 amide bonds. The molecule has 0 aliphatic rings. The Kier molecular flexibility index (Phi) is 6.03. The van der Waals surface area contributed by atoms with Crippen LogP contribution in [-0.4, -0.2) is 18.6 Å². The summed E-state index contributed by atoms with van der Waals surface area (Å²) in [6, 6.07) is 15.4. The Labute approximate surface area is 137 Å². The average Bonchev–Trinajstić information content (AvgIpc) is 2.56. The fourth-order valence-corrected chi connectivity index (χ4v) is 2.29. The molecule has 0 aliphatic carbocycles. The third-order valence-corrected chi connectivity index (χ3v) is 3.72. The van der Waals surface area contributed by atoms with Crippen LogP contribution in [0, 0.1) is 6.92 Å². The second kappa shape index (κ2) is 8.22. The summed E-state index contributed by atoms with van der Waals surface area (Å²) in [6.45, 7) is 4.50.